The number of piperidine rings is 2. The van der Waals surface area contributed by atoms with Gasteiger partial charge in [-0.05, 0) is 80.2 Å². The van der Waals surface area contributed by atoms with E-state index in [4.69, 9.17) is 4.74 Å². The molecule has 3 nitrogen and oxygen atoms in total. The minimum Gasteiger partial charge on any atom is -0.497 e. The van der Waals surface area contributed by atoms with Crippen LogP contribution in [0.3, 0.4) is 0 Å². The summed E-state index contributed by atoms with van der Waals surface area (Å²) >= 11 is 0. The lowest BCUT2D eigenvalue weighted by molar-refractivity contribution is -0.0677. The standard InChI is InChI=1S/C23H32N2O.BrH/c1-26-18-6-5-17-13-21-19-4-2-3-8-23(19,20(17)14-18)9-11-25(21)22-12-16-7-10-24(22)15-16;/h5-6,14,16,19,21-22H,2-4,7-13,15H2,1H3;1H/t16?,19-,21-,22?,23+;/m0./s1. The molecular formula is C23H33BrN2O. The Balaban J connectivity index is 0.00000160. The monoisotopic (exact) mass is 432 g/mol. The lowest BCUT2D eigenvalue weighted by Crippen LogP contribution is -2.64. The normalized spacial score (nSPS) is 42.2. The number of benzene rings is 1. The van der Waals surface area contributed by atoms with Crippen LogP contribution in [-0.2, 0) is 11.8 Å². The molecule has 3 unspecified atom stereocenters. The highest BCUT2D eigenvalue weighted by atomic mass is 79.9. The number of ether oxygens (including phenoxy) is 1. The predicted molar refractivity (Wildman–Crippen MR) is 114 cm³/mol. The quantitative estimate of drug-likeness (QED) is 0.689. The molecular weight excluding hydrogens is 400 g/mol. The summed E-state index contributed by atoms with van der Waals surface area (Å²) in [5.74, 6) is 2.91. The van der Waals surface area contributed by atoms with Crippen molar-refractivity contribution in [1.82, 2.24) is 9.80 Å². The maximum Gasteiger partial charge on any atom is 0.119 e. The highest BCUT2D eigenvalue weighted by molar-refractivity contribution is 8.93. The maximum atomic E-state index is 5.61. The molecule has 0 N–H and O–H groups in total. The van der Waals surface area contributed by atoms with Crippen LogP contribution in [0.2, 0.25) is 0 Å². The fourth-order valence-electron chi connectivity index (χ4n) is 7.63. The molecule has 1 aromatic rings. The molecule has 0 spiro atoms. The smallest absolute Gasteiger partial charge is 0.119 e. The first kappa shape index (κ1) is 18.4. The van der Waals surface area contributed by atoms with Gasteiger partial charge in [0, 0.05) is 24.5 Å². The van der Waals surface area contributed by atoms with Crippen molar-refractivity contribution < 1.29 is 4.74 Å². The van der Waals surface area contributed by atoms with Gasteiger partial charge in [-0.25, -0.2) is 0 Å². The van der Waals surface area contributed by atoms with Crippen LogP contribution in [0.25, 0.3) is 0 Å². The molecule has 4 heteroatoms. The maximum absolute atomic E-state index is 5.61. The molecule has 2 aliphatic carbocycles. The Labute approximate surface area is 174 Å². The molecule has 4 fully saturated rings. The lowest BCUT2D eigenvalue weighted by Gasteiger charge is -2.61. The number of rotatable bonds is 2. The Bertz CT molecular complexity index is 724. The van der Waals surface area contributed by atoms with Crippen LogP contribution < -0.4 is 4.74 Å². The van der Waals surface area contributed by atoms with Crippen LogP contribution in [0.1, 0.15) is 56.1 Å². The largest absolute Gasteiger partial charge is 0.497 e. The van der Waals surface area contributed by atoms with E-state index in [0.29, 0.717) is 5.41 Å². The van der Waals surface area contributed by atoms with E-state index in [-0.39, 0.29) is 17.0 Å². The molecule has 6 atom stereocenters. The fourth-order valence-corrected chi connectivity index (χ4v) is 7.63. The average Bonchev–Trinajstić information content (AvgIpc) is 3.31. The van der Waals surface area contributed by atoms with Crippen LogP contribution in [0, 0.1) is 11.8 Å². The van der Waals surface area contributed by atoms with E-state index in [2.05, 4.69) is 28.0 Å². The number of likely N-dealkylation sites (tertiary alicyclic amines) is 1. The van der Waals surface area contributed by atoms with Crippen molar-refractivity contribution in [2.24, 2.45) is 11.8 Å². The van der Waals surface area contributed by atoms with Crippen LogP contribution in [-0.4, -0.2) is 48.8 Å². The minimum atomic E-state index is 0. The van der Waals surface area contributed by atoms with E-state index < -0.39 is 0 Å². The zero-order chi connectivity index (χ0) is 17.3. The van der Waals surface area contributed by atoms with Crippen molar-refractivity contribution in [3.05, 3.63) is 29.3 Å². The van der Waals surface area contributed by atoms with Gasteiger partial charge in [-0.2, -0.15) is 0 Å². The number of hydrogen-bond acceptors (Lipinski definition) is 3. The van der Waals surface area contributed by atoms with E-state index in [1.165, 1.54) is 71.0 Å². The van der Waals surface area contributed by atoms with Crippen molar-refractivity contribution in [3.63, 3.8) is 0 Å². The highest BCUT2D eigenvalue weighted by Crippen LogP contribution is 2.57. The highest BCUT2D eigenvalue weighted by Gasteiger charge is 2.56. The van der Waals surface area contributed by atoms with Crippen LogP contribution in [0.15, 0.2) is 18.2 Å². The first-order valence-corrected chi connectivity index (χ1v) is 11.0. The third-order valence-electron chi connectivity index (χ3n) is 8.75. The van der Waals surface area contributed by atoms with Gasteiger partial charge in [0.05, 0.1) is 13.3 Å². The summed E-state index contributed by atoms with van der Waals surface area (Å²) < 4.78 is 5.61. The molecule has 6 rings (SSSR count). The van der Waals surface area contributed by atoms with Crippen molar-refractivity contribution in [2.75, 3.05) is 26.7 Å². The predicted octanol–water partition coefficient (Wildman–Crippen LogP) is 4.38. The van der Waals surface area contributed by atoms with Gasteiger partial charge in [0.25, 0.3) is 0 Å². The summed E-state index contributed by atoms with van der Waals surface area (Å²) in [5, 5.41) is 0. The van der Waals surface area contributed by atoms with Gasteiger partial charge in [0.2, 0.25) is 0 Å². The van der Waals surface area contributed by atoms with Gasteiger partial charge < -0.3 is 4.74 Å². The van der Waals surface area contributed by atoms with E-state index in [1.54, 1.807) is 11.1 Å². The molecule has 3 saturated heterocycles. The molecule has 1 saturated carbocycles. The summed E-state index contributed by atoms with van der Waals surface area (Å²) in [6, 6.07) is 7.76. The molecule has 1 aromatic carbocycles. The van der Waals surface area contributed by atoms with Crippen molar-refractivity contribution >= 4 is 17.0 Å². The zero-order valence-corrected chi connectivity index (χ0v) is 18.2. The summed E-state index contributed by atoms with van der Waals surface area (Å²) in [4.78, 5) is 5.78. The van der Waals surface area contributed by atoms with Gasteiger partial charge in [-0.1, -0.05) is 18.9 Å². The second kappa shape index (κ2) is 6.74. The van der Waals surface area contributed by atoms with Gasteiger partial charge in [-0.15, -0.1) is 17.0 Å². The third-order valence-corrected chi connectivity index (χ3v) is 8.75. The second-order valence-electron chi connectivity index (χ2n) is 9.66. The molecule has 27 heavy (non-hydrogen) atoms. The Hall–Kier alpha value is -0.580. The zero-order valence-electron chi connectivity index (χ0n) is 16.5. The first-order chi connectivity index (χ1) is 12.8. The van der Waals surface area contributed by atoms with Gasteiger partial charge in [0.15, 0.2) is 0 Å². The van der Waals surface area contributed by atoms with Gasteiger partial charge >= 0.3 is 0 Å². The molecule has 148 valence electrons. The lowest BCUT2D eigenvalue weighted by atomic mass is 9.52. The second-order valence-corrected chi connectivity index (χ2v) is 9.66. The Kier molecular flexibility index (Phi) is 4.61. The minimum absolute atomic E-state index is 0. The summed E-state index contributed by atoms with van der Waals surface area (Å²) in [5.41, 5.74) is 3.72. The molecule has 0 amide bonds. The van der Waals surface area contributed by atoms with E-state index in [0.717, 1.165) is 29.8 Å². The number of hydrogen-bond donors (Lipinski definition) is 0. The first-order valence-electron chi connectivity index (χ1n) is 11.0. The molecule has 3 heterocycles. The molecule has 4 bridgehead atoms. The van der Waals surface area contributed by atoms with E-state index in [9.17, 15) is 0 Å². The molecule has 5 aliphatic rings. The Morgan fingerprint density at radius 3 is 2.81 bits per heavy atom. The summed E-state index contributed by atoms with van der Waals surface area (Å²) in [6.07, 6.45) is 12.0. The SMILES string of the molecule is Br.COc1ccc2c(c1)[C@@]13CCCC[C@H]1[C@H](C2)N(C1CC2CCN1C2)CC3. The van der Waals surface area contributed by atoms with Gasteiger partial charge in [-0.3, -0.25) is 9.80 Å². The van der Waals surface area contributed by atoms with Gasteiger partial charge in [0.1, 0.15) is 5.75 Å². The van der Waals surface area contributed by atoms with Crippen molar-refractivity contribution in [3.8, 4) is 5.75 Å². The number of nitrogens with zero attached hydrogens (tertiary/aromatic N) is 2. The summed E-state index contributed by atoms with van der Waals surface area (Å²) in [6.45, 7) is 4.03. The molecule has 0 aromatic heterocycles. The van der Waals surface area contributed by atoms with Crippen LogP contribution in [0.5, 0.6) is 5.75 Å². The molecule has 3 aliphatic heterocycles. The summed E-state index contributed by atoms with van der Waals surface area (Å²) in [7, 11) is 1.82. The number of methoxy groups -OCH3 is 1. The van der Waals surface area contributed by atoms with Crippen molar-refractivity contribution in [2.45, 2.75) is 69.0 Å². The Morgan fingerprint density at radius 1 is 1.11 bits per heavy atom. The third kappa shape index (κ3) is 2.59. The fraction of sp³-hybridized carbons (Fsp3) is 0.739. The average molecular weight is 433 g/mol. The van der Waals surface area contributed by atoms with Crippen molar-refractivity contribution in [1.29, 1.82) is 0 Å². The van der Waals surface area contributed by atoms with Crippen LogP contribution in [0.4, 0.5) is 0 Å². The molecule has 0 radical (unpaired) electrons. The van der Waals surface area contributed by atoms with Crippen LogP contribution >= 0.6 is 17.0 Å². The Morgan fingerprint density at radius 2 is 2.04 bits per heavy atom. The van der Waals surface area contributed by atoms with E-state index in [1.807, 2.05) is 7.11 Å². The number of halogens is 1. The van der Waals surface area contributed by atoms with E-state index >= 15 is 0 Å². The number of fused-ring (bicyclic) bond motifs is 3. The topological polar surface area (TPSA) is 15.7 Å².